The van der Waals surface area contributed by atoms with Crippen molar-refractivity contribution in [3.05, 3.63) is 52.3 Å². The Kier molecular flexibility index (Phi) is 5.02. The molecule has 0 fully saturated rings. The van der Waals surface area contributed by atoms with Crippen molar-refractivity contribution in [2.75, 3.05) is 18.9 Å². The molecule has 2 aromatic heterocycles. The molecular weight excluding hydrogens is 350 g/mol. The van der Waals surface area contributed by atoms with Crippen molar-refractivity contribution in [1.29, 1.82) is 0 Å². The van der Waals surface area contributed by atoms with E-state index in [1.54, 1.807) is 25.1 Å². The maximum absolute atomic E-state index is 12.6. The highest BCUT2D eigenvalue weighted by Crippen LogP contribution is 2.11. The normalized spacial score (nSPS) is 10.8. The van der Waals surface area contributed by atoms with E-state index in [-0.39, 0.29) is 24.5 Å². The molecule has 0 saturated heterocycles. The summed E-state index contributed by atoms with van der Waals surface area (Å²) in [6, 6.07) is 6.89. The van der Waals surface area contributed by atoms with Gasteiger partial charge in [0.05, 0.1) is 23.8 Å². The Labute approximate surface area is 154 Å². The van der Waals surface area contributed by atoms with Crippen LogP contribution in [-0.4, -0.2) is 45.0 Å². The number of anilines is 1. The van der Waals surface area contributed by atoms with Crippen molar-refractivity contribution in [3.8, 4) is 0 Å². The molecule has 0 aliphatic carbocycles. The number of carbonyl (C=O) groups is 2. The fraction of sp³-hybridized carbons (Fsp3) is 0.278. The van der Waals surface area contributed by atoms with Gasteiger partial charge in [0.2, 0.25) is 11.8 Å². The van der Waals surface area contributed by atoms with E-state index in [1.807, 2.05) is 13.0 Å². The summed E-state index contributed by atoms with van der Waals surface area (Å²) in [4.78, 5) is 42.4. The molecule has 0 spiro atoms. The van der Waals surface area contributed by atoms with E-state index in [2.05, 4.69) is 15.5 Å². The SMILES string of the molecule is Cc1cc(NC(=O)CN(C)C(=O)Cn2cnc3c(C)cccc3c2=O)no1. The van der Waals surface area contributed by atoms with Crippen LogP contribution >= 0.6 is 0 Å². The second-order valence-electron chi connectivity index (χ2n) is 6.27. The number of nitrogens with one attached hydrogen (secondary N) is 1. The number of carbonyl (C=O) groups excluding carboxylic acids is 2. The summed E-state index contributed by atoms with van der Waals surface area (Å²) in [6.07, 6.45) is 1.35. The van der Waals surface area contributed by atoms with Gasteiger partial charge in [-0.2, -0.15) is 0 Å². The molecule has 9 heteroatoms. The van der Waals surface area contributed by atoms with E-state index in [4.69, 9.17) is 4.52 Å². The van der Waals surface area contributed by atoms with E-state index in [1.165, 1.54) is 22.8 Å². The lowest BCUT2D eigenvalue weighted by Gasteiger charge is -2.17. The number of hydrogen-bond donors (Lipinski definition) is 1. The molecule has 0 radical (unpaired) electrons. The minimum atomic E-state index is -0.418. The molecule has 0 atom stereocenters. The molecule has 3 rings (SSSR count). The molecule has 0 saturated carbocycles. The van der Waals surface area contributed by atoms with Crippen LogP contribution in [0.5, 0.6) is 0 Å². The van der Waals surface area contributed by atoms with E-state index in [9.17, 15) is 14.4 Å². The molecular formula is C18H19N5O4. The van der Waals surface area contributed by atoms with Crippen LogP contribution in [0.2, 0.25) is 0 Å². The van der Waals surface area contributed by atoms with Crippen LogP contribution in [0.4, 0.5) is 5.82 Å². The predicted octanol–water partition coefficient (Wildman–Crippen LogP) is 1.10. The summed E-state index contributed by atoms with van der Waals surface area (Å²) in [6.45, 7) is 3.18. The molecule has 9 nitrogen and oxygen atoms in total. The first kappa shape index (κ1) is 18.3. The number of aromatic nitrogens is 3. The fourth-order valence-electron chi connectivity index (χ4n) is 2.63. The summed E-state index contributed by atoms with van der Waals surface area (Å²) in [5.74, 6) is 0.0351. The molecule has 3 aromatic rings. The van der Waals surface area contributed by atoms with Gasteiger partial charge in [0, 0.05) is 13.1 Å². The Balaban J connectivity index is 1.67. The van der Waals surface area contributed by atoms with Crippen LogP contribution in [0.15, 0.2) is 39.9 Å². The van der Waals surface area contributed by atoms with E-state index in [0.717, 1.165) is 5.56 Å². The monoisotopic (exact) mass is 369 g/mol. The highest BCUT2D eigenvalue weighted by molar-refractivity contribution is 5.93. The largest absolute Gasteiger partial charge is 0.360 e. The van der Waals surface area contributed by atoms with E-state index >= 15 is 0 Å². The Hall–Kier alpha value is -3.49. The van der Waals surface area contributed by atoms with E-state index in [0.29, 0.717) is 16.7 Å². The molecule has 1 N–H and O–H groups in total. The van der Waals surface area contributed by atoms with Gasteiger partial charge in [0.15, 0.2) is 5.82 Å². The molecule has 0 unspecified atom stereocenters. The van der Waals surface area contributed by atoms with Crippen LogP contribution < -0.4 is 10.9 Å². The van der Waals surface area contributed by atoms with Gasteiger partial charge in [-0.15, -0.1) is 0 Å². The molecule has 140 valence electrons. The Morgan fingerprint density at radius 2 is 2.07 bits per heavy atom. The van der Waals surface area contributed by atoms with Crippen LogP contribution in [-0.2, 0) is 16.1 Å². The minimum Gasteiger partial charge on any atom is -0.360 e. The first-order chi connectivity index (χ1) is 12.8. The van der Waals surface area contributed by atoms with Gasteiger partial charge < -0.3 is 14.7 Å². The Morgan fingerprint density at radius 1 is 1.30 bits per heavy atom. The topological polar surface area (TPSA) is 110 Å². The maximum atomic E-state index is 12.6. The summed E-state index contributed by atoms with van der Waals surface area (Å²) in [5.41, 5.74) is 1.20. The molecule has 2 heterocycles. The minimum absolute atomic E-state index is 0.181. The number of amides is 2. The lowest BCUT2D eigenvalue weighted by molar-refractivity contribution is -0.133. The van der Waals surface area contributed by atoms with Crippen molar-refractivity contribution in [1.82, 2.24) is 19.6 Å². The molecule has 1 aromatic carbocycles. The fourth-order valence-corrected chi connectivity index (χ4v) is 2.63. The van der Waals surface area contributed by atoms with Gasteiger partial charge in [-0.1, -0.05) is 17.3 Å². The number of para-hydroxylation sites is 1. The average molecular weight is 369 g/mol. The summed E-state index contributed by atoms with van der Waals surface area (Å²) < 4.78 is 6.10. The zero-order chi connectivity index (χ0) is 19.6. The van der Waals surface area contributed by atoms with Gasteiger partial charge in [-0.3, -0.25) is 19.0 Å². The zero-order valence-electron chi connectivity index (χ0n) is 15.2. The first-order valence-corrected chi connectivity index (χ1v) is 8.27. The lowest BCUT2D eigenvalue weighted by atomic mass is 10.1. The number of aryl methyl sites for hydroxylation is 2. The van der Waals surface area contributed by atoms with Crippen molar-refractivity contribution >= 4 is 28.5 Å². The maximum Gasteiger partial charge on any atom is 0.261 e. The first-order valence-electron chi connectivity index (χ1n) is 8.27. The van der Waals surface area contributed by atoms with Gasteiger partial charge in [-0.25, -0.2) is 4.98 Å². The van der Waals surface area contributed by atoms with Crippen LogP contribution in [0.25, 0.3) is 10.9 Å². The zero-order valence-corrected chi connectivity index (χ0v) is 15.2. The molecule has 27 heavy (non-hydrogen) atoms. The average Bonchev–Trinajstić information content (AvgIpc) is 3.02. The van der Waals surface area contributed by atoms with Crippen LogP contribution in [0.3, 0.4) is 0 Å². The van der Waals surface area contributed by atoms with Gasteiger partial charge >= 0.3 is 0 Å². The third-order valence-electron chi connectivity index (χ3n) is 4.06. The second kappa shape index (κ2) is 7.40. The Morgan fingerprint density at radius 3 is 2.78 bits per heavy atom. The summed E-state index contributed by atoms with van der Waals surface area (Å²) in [5, 5.41) is 6.65. The molecule has 0 aliphatic heterocycles. The smallest absolute Gasteiger partial charge is 0.261 e. The van der Waals surface area contributed by atoms with Crippen molar-refractivity contribution < 1.29 is 14.1 Å². The number of fused-ring (bicyclic) bond motifs is 1. The van der Waals surface area contributed by atoms with Crippen molar-refractivity contribution in [3.63, 3.8) is 0 Å². The number of benzene rings is 1. The summed E-state index contributed by atoms with van der Waals surface area (Å²) in [7, 11) is 1.49. The summed E-state index contributed by atoms with van der Waals surface area (Å²) >= 11 is 0. The molecule has 0 aliphatic rings. The van der Waals surface area contributed by atoms with Crippen LogP contribution in [0.1, 0.15) is 11.3 Å². The van der Waals surface area contributed by atoms with Crippen molar-refractivity contribution in [2.24, 2.45) is 0 Å². The predicted molar refractivity (Wildman–Crippen MR) is 98.2 cm³/mol. The second-order valence-corrected chi connectivity index (χ2v) is 6.27. The number of hydrogen-bond acceptors (Lipinski definition) is 6. The van der Waals surface area contributed by atoms with Gasteiger partial charge in [0.1, 0.15) is 12.3 Å². The number of rotatable bonds is 5. The quantitative estimate of drug-likeness (QED) is 0.721. The molecule has 0 bridgehead atoms. The van der Waals surface area contributed by atoms with E-state index < -0.39 is 11.8 Å². The highest BCUT2D eigenvalue weighted by atomic mass is 16.5. The third-order valence-corrected chi connectivity index (χ3v) is 4.06. The Bertz CT molecular complexity index is 1070. The lowest BCUT2D eigenvalue weighted by Crippen LogP contribution is -2.38. The number of nitrogens with zero attached hydrogens (tertiary/aromatic N) is 4. The van der Waals surface area contributed by atoms with Crippen LogP contribution in [0, 0.1) is 13.8 Å². The number of likely N-dealkylation sites (N-methyl/N-ethyl adjacent to an activating group) is 1. The van der Waals surface area contributed by atoms with Gasteiger partial charge in [-0.05, 0) is 25.5 Å². The molecule has 2 amide bonds. The van der Waals surface area contributed by atoms with Crippen molar-refractivity contribution in [2.45, 2.75) is 20.4 Å². The highest BCUT2D eigenvalue weighted by Gasteiger charge is 2.16. The standard InChI is InChI=1S/C18H19N5O4/c1-11-5-4-6-13-17(11)19-10-23(18(13)26)9-16(25)22(3)8-15(24)20-14-7-12(2)27-21-14/h4-7,10H,8-9H2,1-3H3,(H,20,21,24). The van der Waals surface area contributed by atoms with Gasteiger partial charge in [0.25, 0.3) is 5.56 Å². The third kappa shape index (κ3) is 4.02.